The number of rotatable bonds is 13. The van der Waals surface area contributed by atoms with Crippen LogP contribution >= 0.6 is 0 Å². The number of nitrogens with one attached hydrogen (secondary N) is 5. The highest BCUT2D eigenvalue weighted by molar-refractivity contribution is 6.07. The lowest BCUT2D eigenvalue weighted by Crippen LogP contribution is -2.53. The van der Waals surface area contributed by atoms with Crippen molar-refractivity contribution < 1.29 is 33.8 Å². The third kappa shape index (κ3) is 7.91. The zero-order valence-electron chi connectivity index (χ0n) is 29.3. The van der Waals surface area contributed by atoms with Crippen molar-refractivity contribution in [1.82, 2.24) is 30.4 Å². The van der Waals surface area contributed by atoms with Gasteiger partial charge in [-0.2, -0.15) is 0 Å². The predicted molar refractivity (Wildman–Crippen MR) is 195 cm³/mol. The molecule has 3 aliphatic rings. The molecule has 3 aromatic carbocycles. The molecule has 2 unspecified atom stereocenters. The second-order valence-electron chi connectivity index (χ2n) is 13.6. The van der Waals surface area contributed by atoms with Gasteiger partial charge in [0.1, 0.15) is 11.9 Å². The van der Waals surface area contributed by atoms with Gasteiger partial charge in [0.2, 0.25) is 11.8 Å². The minimum Gasteiger partial charge on any atom is -0.383 e. The van der Waals surface area contributed by atoms with E-state index >= 15 is 0 Å². The molecule has 15 heteroatoms. The Morgan fingerprint density at radius 3 is 2.45 bits per heavy atom. The van der Waals surface area contributed by atoms with Crippen molar-refractivity contribution in [2.75, 3.05) is 43.5 Å². The summed E-state index contributed by atoms with van der Waals surface area (Å²) in [5.74, 6) is -1.14. The standard InChI is InChI=1S/C38H42N8O7/c1-22-3-2-16-45(22)21-32-42-29-11-9-26(20-30(29)43-32)41-35(49)24-6-4-23(5-7-24)34(48)40-15-18-53-17-14-39-25-8-10-27-28(19-25)38(52)46(37(27)51)31-12-13-33(47)44-36(31)50/h4-11,19-20,22,31,37,39,51H,2-3,12-18,21H2,1H3,(H,40,48)(H,41,49)(H,42,43)(H,44,47,50)/t22-,31?,37?/m0/s1. The van der Waals surface area contributed by atoms with Gasteiger partial charge in [-0.3, -0.25) is 39.1 Å². The summed E-state index contributed by atoms with van der Waals surface area (Å²) >= 11 is 0. The second-order valence-corrected chi connectivity index (χ2v) is 13.6. The quantitative estimate of drug-likeness (QED) is 0.0882. The number of aliphatic hydroxyl groups is 1. The van der Waals surface area contributed by atoms with Gasteiger partial charge in [-0.05, 0) is 87.3 Å². The van der Waals surface area contributed by atoms with E-state index in [9.17, 15) is 29.1 Å². The SMILES string of the molecule is C[C@H]1CCCN1Cc1nc2ccc(NC(=O)c3ccc(C(=O)NCCOCCNc4ccc5c(c4)C(=O)N(C4CCC(=O)NC4=O)C5O)cc3)cc2[nH]1. The summed E-state index contributed by atoms with van der Waals surface area (Å²) in [5.41, 5.74) is 4.50. The molecule has 0 spiro atoms. The molecule has 6 N–H and O–H groups in total. The topological polar surface area (TPSA) is 198 Å². The Hall–Kier alpha value is -5.64. The number of aromatic nitrogens is 2. The lowest BCUT2D eigenvalue weighted by molar-refractivity contribution is -0.139. The number of imide groups is 1. The fraction of sp³-hybridized carbons (Fsp3) is 0.368. The fourth-order valence-electron chi connectivity index (χ4n) is 7.06. The maximum Gasteiger partial charge on any atom is 0.257 e. The molecule has 276 valence electrons. The first-order valence-corrected chi connectivity index (χ1v) is 17.9. The summed E-state index contributed by atoms with van der Waals surface area (Å²) in [6.45, 7) is 5.36. The Morgan fingerprint density at radius 2 is 1.70 bits per heavy atom. The molecule has 53 heavy (non-hydrogen) atoms. The van der Waals surface area contributed by atoms with E-state index < -0.39 is 30.0 Å². The van der Waals surface area contributed by atoms with Gasteiger partial charge < -0.3 is 30.8 Å². The number of imidazole rings is 1. The number of likely N-dealkylation sites (tertiary alicyclic amines) is 1. The van der Waals surface area contributed by atoms with Crippen molar-refractivity contribution in [3.05, 3.63) is 88.7 Å². The van der Waals surface area contributed by atoms with E-state index in [0.717, 1.165) is 34.8 Å². The highest BCUT2D eigenvalue weighted by atomic mass is 16.5. The van der Waals surface area contributed by atoms with E-state index in [1.165, 1.54) is 12.8 Å². The van der Waals surface area contributed by atoms with Crippen LogP contribution in [0.25, 0.3) is 11.0 Å². The summed E-state index contributed by atoms with van der Waals surface area (Å²) in [6.07, 6.45) is 1.38. The van der Waals surface area contributed by atoms with Crippen LogP contribution in [-0.2, 0) is 20.9 Å². The number of fused-ring (bicyclic) bond motifs is 2. The number of benzene rings is 3. The van der Waals surface area contributed by atoms with Crippen LogP contribution < -0.4 is 21.3 Å². The molecule has 1 aromatic heterocycles. The molecule has 4 aromatic rings. The van der Waals surface area contributed by atoms with Crippen LogP contribution in [0.3, 0.4) is 0 Å². The van der Waals surface area contributed by atoms with Crippen molar-refractivity contribution >= 4 is 51.9 Å². The summed E-state index contributed by atoms with van der Waals surface area (Å²) in [6, 6.07) is 16.6. The summed E-state index contributed by atoms with van der Waals surface area (Å²) in [7, 11) is 0. The van der Waals surface area contributed by atoms with Crippen LogP contribution in [0.2, 0.25) is 0 Å². The van der Waals surface area contributed by atoms with Crippen molar-refractivity contribution in [1.29, 1.82) is 0 Å². The molecule has 4 heterocycles. The molecule has 3 aliphatic heterocycles. The molecule has 3 atom stereocenters. The summed E-state index contributed by atoms with van der Waals surface area (Å²) in [4.78, 5) is 74.1. The minimum absolute atomic E-state index is 0.0960. The van der Waals surface area contributed by atoms with Crippen LogP contribution in [-0.4, -0.2) is 99.3 Å². The average Bonchev–Trinajstić information content (AvgIpc) is 3.82. The number of hydrogen-bond donors (Lipinski definition) is 6. The smallest absolute Gasteiger partial charge is 0.257 e. The average molecular weight is 723 g/mol. The molecular formula is C38H42N8O7. The van der Waals surface area contributed by atoms with Crippen LogP contribution in [0.15, 0.2) is 60.7 Å². The Morgan fingerprint density at radius 1 is 0.943 bits per heavy atom. The highest BCUT2D eigenvalue weighted by Crippen LogP contribution is 2.36. The molecule has 0 aliphatic carbocycles. The number of nitrogens with zero attached hydrogens (tertiary/aromatic N) is 3. The van der Waals surface area contributed by atoms with Crippen molar-refractivity contribution in [3.8, 4) is 0 Å². The summed E-state index contributed by atoms with van der Waals surface area (Å²) in [5, 5.41) is 21.9. The second kappa shape index (κ2) is 15.5. The van der Waals surface area contributed by atoms with Crippen LogP contribution in [0, 0.1) is 0 Å². The number of hydrogen-bond acceptors (Lipinski definition) is 10. The van der Waals surface area contributed by atoms with Gasteiger partial charge in [-0.1, -0.05) is 6.07 Å². The third-order valence-electron chi connectivity index (χ3n) is 9.95. The van der Waals surface area contributed by atoms with E-state index in [1.54, 1.807) is 42.5 Å². The van der Waals surface area contributed by atoms with Gasteiger partial charge in [0, 0.05) is 59.2 Å². The maximum absolute atomic E-state index is 13.1. The largest absolute Gasteiger partial charge is 0.383 e. The third-order valence-corrected chi connectivity index (χ3v) is 9.95. The number of anilines is 2. The normalized spacial score (nSPS) is 20.1. The van der Waals surface area contributed by atoms with Gasteiger partial charge in [0.05, 0.1) is 30.8 Å². The Labute approximate surface area is 305 Å². The molecule has 0 bridgehead atoms. The minimum atomic E-state index is -1.27. The number of carbonyl (C=O) groups excluding carboxylic acids is 5. The number of amides is 5. The van der Waals surface area contributed by atoms with Gasteiger partial charge in [-0.15, -0.1) is 0 Å². The van der Waals surface area contributed by atoms with Crippen LogP contribution in [0.4, 0.5) is 11.4 Å². The maximum atomic E-state index is 13.1. The first-order valence-electron chi connectivity index (χ1n) is 17.9. The Balaban J connectivity index is 0.814. The van der Waals surface area contributed by atoms with Crippen LogP contribution in [0.1, 0.15) is 81.3 Å². The predicted octanol–water partition coefficient (Wildman–Crippen LogP) is 2.91. The number of piperidine rings is 1. The molecule has 0 radical (unpaired) electrons. The van der Waals surface area contributed by atoms with Crippen molar-refractivity contribution in [2.45, 2.75) is 57.5 Å². The van der Waals surface area contributed by atoms with E-state index in [-0.39, 0.29) is 43.4 Å². The molecule has 0 saturated carbocycles. The number of H-pyrrole nitrogens is 1. The molecule has 15 nitrogen and oxygen atoms in total. The van der Waals surface area contributed by atoms with Crippen molar-refractivity contribution in [2.24, 2.45) is 0 Å². The number of aromatic amines is 1. The van der Waals surface area contributed by atoms with Gasteiger partial charge >= 0.3 is 0 Å². The zero-order valence-corrected chi connectivity index (χ0v) is 29.3. The molecule has 2 saturated heterocycles. The first kappa shape index (κ1) is 35.7. The van der Waals surface area contributed by atoms with Gasteiger partial charge in [0.15, 0.2) is 6.23 Å². The van der Waals surface area contributed by atoms with E-state index in [4.69, 9.17) is 9.72 Å². The Kier molecular flexibility index (Phi) is 10.5. The van der Waals surface area contributed by atoms with Gasteiger partial charge in [0.25, 0.3) is 17.7 Å². The van der Waals surface area contributed by atoms with Gasteiger partial charge in [-0.25, -0.2) is 4.98 Å². The first-order chi connectivity index (χ1) is 25.6. The zero-order chi connectivity index (χ0) is 37.1. The van der Waals surface area contributed by atoms with Crippen LogP contribution in [0.5, 0.6) is 0 Å². The van der Waals surface area contributed by atoms with E-state index in [2.05, 4.69) is 38.1 Å². The van der Waals surface area contributed by atoms with E-state index in [0.29, 0.717) is 47.3 Å². The van der Waals surface area contributed by atoms with Crippen molar-refractivity contribution in [3.63, 3.8) is 0 Å². The molecule has 2 fully saturated rings. The molecular weight excluding hydrogens is 680 g/mol. The highest BCUT2D eigenvalue weighted by Gasteiger charge is 2.44. The van der Waals surface area contributed by atoms with E-state index in [1.807, 2.05) is 18.2 Å². The summed E-state index contributed by atoms with van der Waals surface area (Å²) < 4.78 is 5.63. The number of aliphatic hydroxyl groups excluding tert-OH is 1. The fourth-order valence-corrected chi connectivity index (χ4v) is 7.06. The monoisotopic (exact) mass is 722 g/mol. The lowest BCUT2D eigenvalue weighted by Gasteiger charge is -2.31. The Bertz CT molecular complexity index is 2050. The molecule has 7 rings (SSSR count). The number of carbonyl (C=O) groups is 5. The molecule has 5 amide bonds. The lowest BCUT2D eigenvalue weighted by atomic mass is 10.0. The number of ether oxygens (including phenoxy) is 1.